The fraction of sp³-hybridized carbons (Fsp3) is 0.200. The van der Waals surface area contributed by atoms with Crippen LogP contribution in [-0.2, 0) is 11.3 Å². The van der Waals surface area contributed by atoms with Crippen molar-refractivity contribution in [1.29, 1.82) is 0 Å². The van der Waals surface area contributed by atoms with Gasteiger partial charge in [0.15, 0.2) is 0 Å². The summed E-state index contributed by atoms with van der Waals surface area (Å²) in [5, 5.41) is 1.71. The molecule has 0 radical (unpaired) electrons. The van der Waals surface area contributed by atoms with Crippen molar-refractivity contribution < 1.29 is 9.53 Å². The lowest BCUT2D eigenvalue weighted by Crippen LogP contribution is -2.01. The predicted octanol–water partition coefficient (Wildman–Crippen LogP) is 3.89. The molecular weight excluding hydrogens is 308 g/mol. The maximum absolute atomic E-state index is 11.5. The van der Waals surface area contributed by atoms with Crippen LogP contribution >= 0.6 is 22.9 Å². The zero-order valence-corrected chi connectivity index (χ0v) is 13.2. The van der Waals surface area contributed by atoms with Gasteiger partial charge in [-0.15, -0.1) is 11.3 Å². The first-order valence-corrected chi connectivity index (χ1v) is 7.56. The van der Waals surface area contributed by atoms with Crippen LogP contribution < -0.4 is 0 Å². The van der Waals surface area contributed by atoms with Gasteiger partial charge in [0.25, 0.3) is 0 Å². The molecule has 0 bridgehead atoms. The van der Waals surface area contributed by atoms with Gasteiger partial charge in [0, 0.05) is 29.5 Å². The Hall–Kier alpha value is -1.85. The van der Waals surface area contributed by atoms with Crippen molar-refractivity contribution >= 4 is 39.1 Å². The quantitative estimate of drug-likeness (QED) is 0.688. The lowest BCUT2D eigenvalue weighted by atomic mass is 10.2. The number of benzene rings is 1. The fourth-order valence-corrected chi connectivity index (χ4v) is 3.49. The highest BCUT2D eigenvalue weighted by molar-refractivity contribution is 7.18. The van der Waals surface area contributed by atoms with Crippen LogP contribution in [0.1, 0.15) is 20.9 Å². The average Bonchev–Trinajstić information content (AvgIpc) is 3.04. The molecule has 108 valence electrons. The van der Waals surface area contributed by atoms with Gasteiger partial charge in [-0.2, -0.15) is 0 Å². The second-order valence-electron chi connectivity index (χ2n) is 4.71. The van der Waals surface area contributed by atoms with Gasteiger partial charge in [-0.25, -0.2) is 9.78 Å². The Kier molecular flexibility index (Phi) is 3.69. The van der Waals surface area contributed by atoms with E-state index in [0.717, 1.165) is 20.8 Å². The zero-order valence-electron chi connectivity index (χ0n) is 11.6. The molecule has 0 aliphatic heterocycles. The largest absolute Gasteiger partial charge is 0.465 e. The number of carbonyl (C=O) groups is 1. The van der Waals surface area contributed by atoms with E-state index in [2.05, 4.69) is 4.98 Å². The number of rotatable bonds is 3. The number of aromatic nitrogens is 2. The molecule has 0 saturated carbocycles. The van der Waals surface area contributed by atoms with Crippen molar-refractivity contribution in [2.75, 3.05) is 7.11 Å². The molecule has 0 unspecified atom stereocenters. The van der Waals surface area contributed by atoms with Gasteiger partial charge in [-0.05, 0) is 25.1 Å². The summed E-state index contributed by atoms with van der Waals surface area (Å²) in [7, 11) is 1.37. The van der Waals surface area contributed by atoms with Crippen LogP contribution in [0.15, 0.2) is 30.6 Å². The Morgan fingerprint density at radius 1 is 1.48 bits per heavy atom. The summed E-state index contributed by atoms with van der Waals surface area (Å²) in [4.78, 5) is 16.0. The first-order chi connectivity index (χ1) is 10.1. The van der Waals surface area contributed by atoms with Gasteiger partial charge in [-0.3, -0.25) is 0 Å². The van der Waals surface area contributed by atoms with Crippen molar-refractivity contribution in [3.05, 3.63) is 51.7 Å². The first-order valence-electron chi connectivity index (χ1n) is 6.36. The molecule has 21 heavy (non-hydrogen) atoms. The normalized spacial score (nSPS) is 11.0. The summed E-state index contributed by atoms with van der Waals surface area (Å²) in [5.41, 5.74) is 2.54. The monoisotopic (exact) mass is 320 g/mol. The molecule has 1 aromatic carbocycles. The Labute approximate surface area is 130 Å². The van der Waals surface area contributed by atoms with Crippen LogP contribution in [0.25, 0.3) is 10.2 Å². The highest BCUT2D eigenvalue weighted by Crippen LogP contribution is 2.29. The lowest BCUT2D eigenvalue weighted by molar-refractivity contribution is 0.0600. The summed E-state index contributed by atoms with van der Waals surface area (Å²) in [6, 6.07) is 5.58. The second kappa shape index (κ2) is 5.50. The molecule has 0 fully saturated rings. The van der Waals surface area contributed by atoms with E-state index >= 15 is 0 Å². The van der Waals surface area contributed by atoms with E-state index in [1.54, 1.807) is 23.6 Å². The molecule has 0 amide bonds. The Morgan fingerprint density at radius 3 is 3.05 bits per heavy atom. The van der Waals surface area contributed by atoms with Crippen LogP contribution in [0.5, 0.6) is 0 Å². The number of ether oxygens (including phenoxy) is 1. The minimum absolute atomic E-state index is 0.338. The van der Waals surface area contributed by atoms with Gasteiger partial charge in [0.1, 0.15) is 0 Å². The molecule has 0 saturated heterocycles. The number of methoxy groups -OCH3 is 1. The van der Waals surface area contributed by atoms with E-state index in [-0.39, 0.29) is 5.97 Å². The minimum atomic E-state index is -0.338. The van der Waals surface area contributed by atoms with Crippen molar-refractivity contribution in [2.45, 2.75) is 13.5 Å². The molecule has 0 aliphatic rings. The smallest absolute Gasteiger partial charge is 0.339 e. The highest BCUT2D eigenvalue weighted by atomic mass is 35.5. The van der Waals surface area contributed by atoms with Gasteiger partial charge >= 0.3 is 5.97 Å². The van der Waals surface area contributed by atoms with Crippen molar-refractivity contribution in [3.63, 3.8) is 0 Å². The molecule has 0 N–H and O–H groups in total. The van der Waals surface area contributed by atoms with Crippen LogP contribution in [0, 0.1) is 6.92 Å². The van der Waals surface area contributed by atoms with Gasteiger partial charge in [0.2, 0.25) is 0 Å². The maximum atomic E-state index is 11.5. The van der Waals surface area contributed by atoms with E-state index in [4.69, 9.17) is 16.3 Å². The molecule has 0 spiro atoms. The molecule has 2 aromatic heterocycles. The molecule has 6 heteroatoms. The minimum Gasteiger partial charge on any atom is -0.465 e. The van der Waals surface area contributed by atoms with Crippen molar-refractivity contribution in [3.8, 4) is 0 Å². The standard InChI is InChI=1S/C15H13ClN2O2S/c1-9-17-14-11(5-12(16)6-13(14)21-9)8-18-4-3-10(7-18)15(19)20-2/h3-7H,8H2,1-2H3. The summed E-state index contributed by atoms with van der Waals surface area (Å²) in [5.74, 6) is -0.338. The average molecular weight is 321 g/mol. The third-order valence-electron chi connectivity index (χ3n) is 3.17. The topological polar surface area (TPSA) is 44.1 Å². The Bertz CT molecular complexity index is 822. The number of hydrogen-bond donors (Lipinski definition) is 0. The SMILES string of the molecule is COC(=O)c1ccn(Cc2cc(Cl)cc3sc(C)nc23)c1. The van der Waals surface area contributed by atoms with E-state index in [9.17, 15) is 4.79 Å². The van der Waals surface area contributed by atoms with Crippen LogP contribution in [-0.4, -0.2) is 22.6 Å². The van der Waals surface area contributed by atoms with E-state index in [0.29, 0.717) is 17.1 Å². The van der Waals surface area contributed by atoms with E-state index in [1.165, 1.54) is 7.11 Å². The molecule has 0 aliphatic carbocycles. The van der Waals surface area contributed by atoms with Crippen LogP contribution in [0.3, 0.4) is 0 Å². The summed E-state index contributed by atoms with van der Waals surface area (Å²) in [6.45, 7) is 2.59. The molecular formula is C15H13ClN2O2S. The number of nitrogens with zero attached hydrogens (tertiary/aromatic N) is 2. The predicted molar refractivity (Wildman–Crippen MR) is 84.2 cm³/mol. The zero-order chi connectivity index (χ0) is 15.0. The third kappa shape index (κ3) is 2.80. The Morgan fingerprint density at radius 2 is 2.29 bits per heavy atom. The molecule has 0 atom stereocenters. The van der Waals surface area contributed by atoms with Gasteiger partial charge < -0.3 is 9.30 Å². The molecule has 2 heterocycles. The highest BCUT2D eigenvalue weighted by Gasteiger charge is 2.11. The van der Waals surface area contributed by atoms with E-state index < -0.39 is 0 Å². The number of carbonyl (C=O) groups excluding carboxylic acids is 1. The summed E-state index contributed by atoms with van der Waals surface area (Å²) >= 11 is 7.80. The fourth-order valence-electron chi connectivity index (χ4n) is 2.27. The van der Waals surface area contributed by atoms with Crippen LogP contribution in [0.4, 0.5) is 0 Å². The first kappa shape index (κ1) is 14.1. The lowest BCUT2D eigenvalue weighted by Gasteiger charge is -2.05. The summed E-state index contributed by atoms with van der Waals surface area (Å²) < 4.78 is 7.71. The summed E-state index contributed by atoms with van der Waals surface area (Å²) in [6.07, 6.45) is 3.61. The number of esters is 1. The number of fused-ring (bicyclic) bond motifs is 1. The maximum Gasteiger partial charge on any atom is 0.339 e. The molecule has 3 rings (SSSR count). The second-order valence-corrected chi connectivity index (χ2v) is 6.38. The number of halogens is 1. The van der Waals surface area contributed by atoms with Gasteiger partial charge in [-0.1, -0.05) is 11.6 Å². The Balaban J connectivity index is 1.97. The molecule has 4 nitrogen and oxygen atoms in total. The van der Waals surface area contributed by atoms with E-state index in [1.807, 2.05) is 29.8 Å². The molecule has 3 aromatic rings. The van der Waals surface area contributed by atoms with Crippen molar-refractivity contribution in [2.24, 2.45) is 0 Å². The number of aryl methyl sites for hydroxylation is 1. The van der Waals surface area contributed by atoms with Crippen LogP contribution in [0.2, 0.25) is 5.02 Å². The van der Waals surface area contributed by atoms with Crippen molar-refractivity contribution in [1.82, 2.24) is 9.55 Å². The van der Waals surface area contributed by atoms with Gasteiger partial charge in [0.05, 0.1) is 27.9 Å². The number of thiazole rings is 1. The number of hydrogen-bond acceptors (Lipinski definition) is 4. The third-order valence-corrected chi connectivity index (χ3v) is 4.31.